The Labute approximate surface area is 103 Å². The first kappa shape index (κ1) is 12.1. The summed E-state index contributed by atoms with van der Waals surface area (Å²) in [5.41, 5.74) is 8.39. The van der Waals surface area contributed by atoms with Gasteiger partial charge in [0.15, 0.2) is 0 Å². The second kappa shape index (κ2) is 4.11. The average Bonchev–Trinajstić information content (AvgIpc) is 2.53. The molecule has 2 N–H and O–H groups in total. The number of hydrogen-bond acceptors (Lipinski definition) is 3. The Balaban J connectivity index is 2.37. The van der Waals surface area contributed by atoms with E-state index in [1.165, 1.54) is 0 Å². The van der Waals surface area contributed by atoms with Crippen molar-refractivity contribution >= 4 is 18.3 Å². The van der Waals surface area contributed by atoms with E-state index in [9.17, 15) is 0 Å². The summed E-state index contributed by atoms with van der Waals surface area (Å²) >= 11 is 0. The van der Waals surface area contributed by atoms with Crippen LogP contribution in [0.15, 0.2) is 30.5 Å². The van der Waals surface area contributed by atoms with Crippen LogP contribution in [0.5, 0.6) is 0 Å². The lowest BCUT2D eigenvalue weighted by molar-refractivity contribution is 0.173. The van der Waals surface area contributed by atoms with Crippen molar-refractivity contribution in [1.82, 2.24) is 0 Å². The molecule has 0 bridgehead atoms. The molecule has 0 unspecified atom stereocenters. The zero-order chi connectivity index (χ0) is 12.6. The molecule has 1 aromatic rings. The van der Waals surface area contributed by atoms with Gasteiger partial charge in [-0.3, -0.25) is 0 Å². The lowest BCUT2D eigenvalue weighted by Crippen LogP contribution is -2.37. The number of nitrogens with two attached hydrogens (primary N) is 1. The van der Waals surface area contributed by atoms with Crippen molar-refractivity contribution in [3.05, 3.63) is 36.1 Å². The molecule has 0 amide bonds. The second-order valence-corrected chi connectivity index (χ2v) is 4.77. The van der Waals surface area contributed by atoms with Crippen LogP contribution in [0.25, 0.3) is 0 Å². The van der Waals surface area contributed by atoms with Crippen LogP contribution in [0.2, 0.25) is 0 Å². The molecule has 1 aliphatic rings. The van der Waals surface area contributed by atoms with E-state index in [2.05, 4.69) is 13.5 Å². The fraction of sp³-hybridized carbons (Fsp3) is 0.385. The maximum Gasteiger partial charge on any atom is 0.563 e. The van der Waals surface area contributed by atoms with Crippen LogP contribution < -0.4 is 11.2 Å². The molecule has 90 valence electrons. The van der Waals surface area contributed by atoms with E-state index in [0.29, 0.717) is 5.76 Å². The third-order valence-corrected chi connectivity index (χ3v) is 3.18. The molecule has 1 aliphatic heterocycles. The van der Waals surface area contributed by atoms with E-state index in [-0.39, 0.29) is 0 Å². The third kappa shape index (κ3) is 2.05. The van der Waals surface area contributed by atoms with Gasteiger partial charge in [0, 0.05) is 11.2 Å². The van der Waals surface area contributed by atoms with E-state index in [0.717, 1.165) is 23.1 Å². The predicted molar refractivity (Wildman–Crippen MR) is 71.0 cm³/mol. The summed E-state index contributed by atoms with van der Waals surface area (Å²) in [5, 5.41) is 0. The highest BCUT2D eigenvalue weighted by atomic mass is 16.7. The lowest BCUT2D eigenvalue weighted by Gasteiger charge is -2.16. The summed E-state index contributed by atoms with van der Waals surface area (Å²) in [4.78, 5) is 0. The topological polar surface area (TPSA) is 44.5 Å². The maximum absolute atomic E-state index is 5.97. The fourth-order valence-corrected chi connectivity index (χ4v) is 2.01. The van der Waals surface area contributed by atoms with Crippen LogP contribution >= 0.6 is 0 Å². The molecule has 0 radical (unpaired) electrons. The van der Waals surface area contributed by atoms with Gasteiger partial charge in [0.05, 0.1) is 5.76 Å². The largest absolute Gasteiger partial charge is 0.563 e. The van der Waals surface area contributed by atoms with E-state index >= 15 is 0 Å². The van der Waals surface area contributed by atoms with Crippen LogP contribution in [0.3, 0.4) is 0 Å². The first-order chi connectivity index (χ1) is 7.95. The van der Waals surface area contributed by atoms with Gasteiger partial charge >= 0.3 is 7.12 Å². The SMILES string of the molecule is C=C1OB(c2cccc(N)c2CC)OC1(C)C. The van der Waals surface area contributed by atoms with Gasteiger partial charge in [-0.05, 0) is 31.9 Å². The quantitative estimate of drug-likeness (QED) is 0.624. The summed E-state index contributed by atoms with van der Waals surface area (Å²) in [6, 6.07) is 5.82. The molecule has 0 spiro atoms. The molecule has 0 atom stereocenters. The molecular formula is C13H18BNO2. The first-order valence-electron chi connectivity index (χ1n) is 5.87. The van der Waals surface area contributed by atoms with E-state index < -0.39 is 12.7 Å². The summed E-state index contributed by atoms with van der Waals surface area (Å²) in [5.74, 6) is 0.659. The Kier molecular flexibility index (Phi) is 2.92. The van der Waals surface area contributed by atoms with Crippen LogP contribution in [0.4, 0.5) is 5.69 Å². The monoisotopic (exact) mass is 231 g/mol. The highest BCUT2D eigenvalue weighted by Gasteiger charge is 2.43. The van der Waals surface area contributed by atoms with Gasteiger partial charge in [-0.1, -0.05) is 25.6 Å². The van der Waals surface area contributed by atoms with Gasteiger partial charge in [-0.25, -0.2) is 0 Å². The minimum Gasteiger partial charge on any atom is -0.534 e. The van der Waals surface area contributed by atoms with Crippen LogP contribution in [0, 0.1) is 0 Å². The van der Waals surface area contributed by atoms with E-state index in [1.54, 1.807) is 0 Å². The van der Waals surface area contributed by atoms with Gasteiger partial charge in [0.25, 0.3) is 0 Å². The Hall–Kier alpha value is -1.42. The molecule has 3 nitrogen and oxygen atoms in total. The van der Waals surface area contributed by atoms with Gasteiger partial charge in [0.2, 0.25) is 0 Å². The van der Waals surface area contributed by atoms with Crippen LogP contribution in [-0.2, 0) is 15.7 Å². The summed E-state index contributed by atoms with van der Waals surface area (Å²) in [6.07, 6.45) is 0.859. The van der Waals surface area contributed by atoms with Crippen LogP contribution in [-0.4, -0.2) is 12.7 Å². The number of benzene rings is 1. The Bertz CT molecular complexity index is 457. The normalized spacial score (nSPS) is 18.3. The maximum atomic E-state index is 5.97. The van der Waals surface area contributed by atoms with Crippen LogP contribution in [0.1, 0.15) is 26.3 Å². The molecule has 2 rings (SSSR count). The van der Waals surface area contributed by atoms with Crippen molar-refractivity contribution in [3.63, 3.8) is 0 Å². The molecule has 0 saturated carbocycles. The summed E-state index contributed by atoms with van der Waals surface area (Å²) < 4.78 is 11.6. The molecule has 0 aliphatic carbocycles. The van der Waals surface area contributed by atoms with E-state index in [1.807, 2.05) is 32.0 Å². The average molecular weight is 231 g/mol. The highest BCUT2D eigenvalue weighted by molar-refractivity contribution is 6.63. The third-order valence-electron chi connectivity index (χ3n) is 3.18. The minimum absolute atomic E-state index is 0.393. The van der Waals surface area contributed by atoms with Crippen molar-refractivity contribution in [2.75, 3.05) is 5.73 Å². The minimum atomic E-state index is -0.444. The van der Waals surface area contributed by atoms with Crippen molar-refractivity contribution in [2.24, 2.45) is 0 Å². The standard InChI is InChI=1S/C13H18BNO2/c1-5-10-11(7-6-8-12(10)15)14-16-9(2)13(3,4)17-14/h6-8H,2,5,15H2,1,3-4H3. The van der Waals surface area contributed by atoms with Gasteiger partial charge in [-0.2, -0.15) is 0 Å². The molecule has 1 fully saturated rings. The smallest absolute Gasteiger partial charge is 0.534 e. The second-order valence-electron chi connectivity index (χ2n) is 4.77. The Morgan fingerprint density at radius 1 is 1.41 bits per heavy atom. The zero-order valence-corrected chi connectivity index (χ0v) is 10.6. The highest BCUT2D eigenvalue weighted by Crippen LogP contribution is 2.30. The van der Waals surface area contributed by atoms with E-state index in [4.69, 9.17) is 15.0 Å². The number of anilines is 1. The van der Waals surface area contributed by atoms with Crippen molar-refractivity contribution in [2.45, 2.75) is 32.8 Å². The van der Waals surface area contributed by atoms with Gasteiger partial charge in [-0.15, -0.1) is 0 Å². The Morgan fingerprint density at radius 3 is 2.65 bits per heavy atom. The molecule has 0 aromatic heterocycles. The molecular weight excluding hydrogens is 213 g/mol. The van der Waals surface area contributed by atoms with Gasteiger partial charge in [0.1, 0.15) is 5.60 Å². The molecule has 1 heterocycles. The van der Waals surface area contributed by atoms with Gasteiger partial charge < -0.3 is 15.0 Å². The number of nitrogen functional groups attached to an aromatic ring is 1. The fourth-order valence-electron chi connectivity index (χ4n) is 2.01. The number of rotatable bonds is 2. The van der Waals surface area contributed by atoms with Crippen molar-refractivity contribution < 1.29 is 9.31 Å². The lowest BCUT2D eigenvalue weighted by atomic mass is 9.75. The summed E-state index contributed by atoms with van der Waals surface area (Å²) in [6.45, 7) is 9.86. The number of hydrogen-bond donors (Lipinski definition) is 1. The molecule has 1 saturated heterocycles. The molecule has 1 aromatic carbocycles. The van der Waals surface area contributed by atoms with Crippen molar-refractivity contribution in [1.29, 1.82) is 0 Å². The first-order valence-corrected chi connectivity index (χ1v) is 5.87. The summed E-state index contributed by atoms with van der Waals surface area (Å²) in [7, 11) is -0.393. The predicted octanol–water partition coefficient (Wildman–Crippen LogP) is 1.87. The zero-order valence-electron chi connectivity index (χ0n) is 10.6. The molecule has 4 heteroatoms. The van der Waals surface area contributed by atoms with Crippen molar-refractivity contribution in [3.8, 4) is 0 Å². The Morgan fingerprint density at radius 2 is 2.12 bits per heavy atom. The molecule has 17 heavy (non-hydrogen) atoms.